The molecule has 5 rings (SSSR count). The third kappa shape index (κ3) is 3.18. The minimum Gasteiger partial charge on any atom is -0.359 e. The highest BCUT2D eigenvalue weighted by atomic mass is 35.5. The van der Waals surface area contributed by atoms with E-state index in [-0.39, 0.29) is 6.17 Å². The molecule has 7 heteroatoms. The number of anilines is 2. The van der Waals surface area contributed by atoms with Crippen LogP contribution in [0.2, 0.25) is 5.02 Å². The number of aromatic amines is 1. The summed E-state index contributed by atoms with van der Waals surface area (Å²) in [6, 6.07) is 12.2. The van der Waals surface area contributed by atoms with Crippen molar-refractivity contribution in [3.8, 4) is 11.1 Å². The Bertz CT molecular complexity index is 1230. The van der Waals surface area contributed by atoms with Crippen molar-refractivity contribution in [3.63, 3.8) is 0 Å². The number of aromatic nitrogens is 3. The Hall–Kier alpha value is -3.09. The van der Waals surface area contributed by atoms with Crippen molar-refractivity contribution in [2.75, 3.05) is 17.2 Å². The SMILES string of the molecule is CCNCc1cncc(-c2ccc3n[nH]c(C4Nc5cccc(Cl)c5N4)c3c2)c1C. The summed E-state index contributed by atoms with van der Waals surface area (Å²) in [7, 11) is 0. The zero-order chi connectivity index (χ0) is 20.7. The van der Waals surface area contributed by atoms with Crippen LogP contribution in [0.1, 0.15) is 29.9 Å². The number of benzene rings is 2. The Kier molecular flexibility index (Phi) is 4.81. The Balaban J connectivity index is 1.53. The predicted molar refractivity (Wildman–Crippen MR) is 123 cm³/mol. The first-order valence-electron chi connectivity index (χ1n) is 10.1. The van der Waals surface area contributed by atoms with Gasteiger partial charge in [0.2, 0.25) is 0 Å². The second kappa shape index (κ2) is 7.63. The third-order valence-corrected chi connectivity index (χ3v) is 5.99. The fraction of sp³-hybridized carbons (Fsp3) is 0.217. The van der Waals surface area contributed by atoms with Gasteiger partial charge in [-0.1, -0.05) is 30.7 Å². The summed E-state index contributed by atoms with van der Waals surface area (Å²) < 4.78 is 0. The number of halogens is 1. The fourth-order valence-corrected chi connectivity index (χ4v) is 4.22. The van der Waals surface area contributed by atoms with Crippen molar-refractivity contribution in [1.82, 2.24) is 20.5 Å². The van der Waals surface area contributed by atoms with Crippen LogP contribution >= 0.6 is 11.6 Å². The Morgan fingerprint density at radius 3 is 2.87 bits per heavy atom. The van der Waals surface area contributed by atoms with E-state index in [1.807, 2.05) is 30.6 Å². The lowest BCUT2D eigenvalue weighted by Gasteiger charge is -2.13. The average Bonchev–Trinajstić information content (AvgIpc) is 3.37. The molecule has 4 aromatic rings. The number of fused-ring (bicyclic) bond motifs is 2. The lowest BCUT2D eigenvalue weighted by atomic mass is 9.97. The van der Waals surface area contributed by atoms with Crippen LogP contribution in [0.4, 0.5) is 11.4 Å². The lowest BCUT2D eigenvalue weighted by molar-refractivity contribution is 0.721. The molecule has 2 aromatic heterocycles. The Morgan fingerprint density at radius 1 is 1.13 bits per heavy atom. The molecule has 1 atom stereocenters. The van der Waals surface area contributed by atoms with Gasteiger partial charge >= 0.3 is 0 Å². The molecular weight excluding hydrogens is 396 g/mol. The van der Waals surface area contributed by atoms with E-state index in [0.717, 1.165) is 52.2 Å². The predicted octanol–water partition coefficient (Wildman–Crippen LogP) is 5.23. The number of H-pyrrole nitrogens is 1. The number of nitrogens with one attached hydrogen (secondary N) is 4. The van der Waals surface area contributed by atoms with Crippen LogP contribution in [0.15, 0.2) is 48.8 Å². The van der Waals surface area contributed by atoms with E-state index in [2.05, 4.69) is 63.2 Å². The van der Waals surface area contributed by atoms with Gasteiger partial charge in [0, 0.05) is 29.9 Å². The van der Waals surface area contributed by atoms with Crippen molar-refractivity contribution in [1.29, 1.82) is 0 Å². The largest absolute Gasteiger partial charge is 0.359 e. The molecule has 0 aliphatic carbocycles. The number of hydrogen-bond donors (Lipinski definition) is 4. The summed E-state index contributed by atoms with van der Waals surface area (Å²) in [5.74, 6) is 0. The van der Waals surface area contributed by atoms with Gasteiger partial charge in [0.15, 0.2) is 0 Å². The summed E-state index contributed by atoms with van der Waals surface area (Å²) in [6.45, 7) is 6.01. The maximum Gasteiger partial charge on any atom is 0.141 e. The summed E-state index contributed by atoms with van der Waals surface area (Å²) in [5, 5.41) is 19.8. The topological polar surface area (TPSA) is 77.7 Å². The molecule has 0 spiro atoms. The third-order valence-electron chi connectivity index (χ3n) is 5.67. The van der Waals surface area contributed by atoms with Gasteiger partial charge in [0.25, 0.3) is 0 Å². The van der Waals surface area contributed by atoms with Gasteiger partial charge < -0.3 is 16.0 Å². The number of hydrogen-bond acceptors (Lipinski definition) is 5. The summed E-state index contributed by atoms with van der Waals surface area (Å²) in [6.07, 6.45) is 3.75. The van der Waals surface area contributed by atoms with E-state index in [4.69, 9.17) is 11.6 Å². The molecule has 30 heavy (non-hydrogen) atoms. The molecule has 0 radical (unpaired) electrons. The summed E-state index contributed by atoms with van der Waals surface area (Å²) in [5.41, 5.74) is 8.53. The first kappa shape index (κ1) is 18.9. The number of pyridine rings is 1. The number of para-hydroxylation sites is 1. The van der Waals surface area contributed by atoms with Gasteiger partial charge in [-0.2, -0.15) is 5.10 Å². The Labute approximate surface area is 180 Å². The van der Waals surface area contributed by atoms with Crippen molar-refractivity contribution in [3.05, 3.63) is 70.6 Å². The highest BCUT2D eigenvalue weighted by Crippen LogP contribution is 2.41. The quantitative estimate of drug-likeness (QED) is 0.357. The van der Waals surface area contributed by atoms with Crippen LogP contribution in [-0.4, -0.2) is 21.7 Å². The average molecular weight is 419 g/mol. The molecule has 0 saturated carbocycles. The van der Waals surface area contributed by atoms with Crippen LogP contribution < -0.4 is 16.0 Å². The maximum atomic E-state index is 6.35. The standard InChI is InChI=1S/C23H23ClN6/c1-3-25-10-15-11-26-12-17(13(15)2)14-7-8-19-16(9-14)21(30-29-19)23-27-20-6-4-5-18(24)22(20)28-23/h4-9,11-12,23,25,27-28H,3,10H2,1-2H3,(H,29,30). The minimum absolute atomic E-state index is 0.125. The van der Waals surface area contributed by atoms with E-state index in [9.17, 15) is 0 Å². The van der Waals surface area contributed by atoms with Crippen LogP contribution in [0.5, 0.6) is 0 Å². The fourth-order valence-electron chi connectivity index (χ4n) is 3.99. The molecule has 3 heterocycles. The van der Waals surface area contributed by atoms with E-state index < -0.39 is 0 Å². The molecule has 0 amide bonds. The van der Waals surface area contributed by atoms with Crippen LogP contribution in [0, 0.1) is 6.92 Å². The molecule has 2 aromatic carbocycles. The molecule has 1 aliphatic heterocycles. The first-order valence-corrected chi connectivity index (χ1v) is 10.5. The van der Waals surface area contributed by atoms with E-state index in [0.29, 0.717) is 5.02 Å². The van der Waals surface area contributed by atoms with E-state index >= 15 is 0 Å². The van der Waals surface area contributed by atoms with Crippen molar-refractivity contribution in [2.45, 2.75) is 26.6 Å². The van der Waals surface area contributed by atoms with Gasteiger partial charge in [-0.25, -0.2) is 0 Å². The molecule has 0 fully saturated rings. The molecule has 0 saturated heterocycles. The molecule has 0 bridgehead atoms. The first-order chi connectivity index (χ1) is 14.7. The van der Waals surface area contributed by atoms with Gasteiger partial charge in [-0.15, -0.1) is 0 Å². The van der Waals surface area contributed by atoms with Crippen LogP contribution in [0.25, 0.3) is 22.0 Å². The molecule has 6 nitrogen and oxygen atoms in total. The molecule has 1 aliphatic rings. The lowest BCUT2D eigenvalue weighted by Crippen LogP contribution is -2.13. The highest BCUT2D eigenvalue weighted by molar-refractivity contribution is 6.34. The van der Waals surface area contributed by atoms with E-state index in [1.54, 1.807) is 0 Å². The monoisotopic (exact) mass is 418 g/mol. The normalized spacial score (nSPS) is 15.1. The second-order valence-corrected chi connectivity index (χ2v) is 7.91. The van der Waals surface area contributed by atoms with E-state index in [1.165, 1.54) is 11.1 Å². The zero-order valence-corrected chi connectivity index (χ0v) is 17.6. The van der Waals surface area contributed by atoms with Crippen molar-refractivity contribution >= 4 is 33.9 Å². The number of rotatable bonds is 5. The van der Waals surface area contributed by atoms with Gasteiger partial charge in [-0.3, -0.25) is 10.1 Å². The maximum absolute atomic E-state index is 6.35. The van der Waals surface area contributed by atoms with Crippen molar-refractivity contribution in [2.24, 2.45) is 0 Å². The van der Waals surface area contributed by atoms with Crippen molar-refractivity contribution < 1.29 is 0 Å². The summed E-state index contributed by atoms with van der Waals surface area (Å²) >= 11 is 6.35. The zero-order valence-electron chi connectivity index (χ0n) is 16.9. The Morgan fingerprint density at radius 2 is 2.03 bits per heavy atom. The summed E-state index contributed by atoms with van der Waals surface area (Å²) in [4.78, 5) is 4.48. The second-order valence-electron chi connectivity index (χ2n) is 7.50. The number of nitrogens with zero attached hydrogens (tertiary/aromatic N) is 2. The van der Waals surface area contributed by atoms with Crippen LogP contribution in [-0.2, 0) is 6.54 Å². The van der Waals surface area contributed by atoms with Gasteiger partial charge in [0.05, 0.1) is 27.6 Å². The van der Waals surface area contributed by atoms with Gasteiger partial charge in [0.1, 0.15) is 6.17 Å². The highest BCUT2D eigenvalue weighted by Gasteiger charge is 2.26. The smallest absolute Gasteiger partial charge is 0.141 e. The molecule has 4 N–H and O–H groups in total. The minimum atomic E-state index is -0.125. The molecule has 1 unspecified atom stereocenters. The molecular formula is C23H23ClN6. The van der Waals surface area contributed by atoms with Gasteiger partial charge in [-0.05, 0) is 54.4 Å². The van der Waals surface area contributed by atoms with Crippen LogP contribution in [0.3, 0.4) is 0 Å². The molecule has 152 valence electrons.